The van der Waals surface area contributed by atoms with E-state index in [0.717, 1.165) is 22.2 Å². The highest BCUT2D eigenvalue weighted by atomic mass is 127. The molecular weight excluding hydrogens is 341 g/mol. The van der Waals surface area contributed by atoms with Gasteiger partial charge in [-0.2, -0.15) is 5.10 Å². The minimum Gasteiger partial charge on any atom is -0.306 e. The topological polar surface area (TPSA) is 38.1 Å². The van der Waals surface area contributed by atoms with Gasteiger partial charge in [-0.05, 0) is 40.6 Å². The van der Waals surface area contributed by atoms with Crippen LogP contribution in [0.1, 0.15) is 16.1 Å². The standard InChI is InChI=1S/C13H12IN3O/c1-16-12(10(14)8-15-16)13(18)17-7-6-9-4-2-3-5-11(9)17/h2-5,8H,6-7H2,1H3. The Morgan fingerprint density at radius 2 is 2.17 bits per heavy atom. The molecule has 0 N–H and O–H groups in total. The van der Waals surface area contributed by atoms with Gasteiger partial charge in [0.25, 0.3) is 5.91 Å². The molecule has 1 aromatic carbocycles. The minimum absolute atomic E-state index is 0.0318. The van der Waals surface area contributed by atoms with Gasteiger partial charge < -0.3 is 4.90 Å². The van der Waals surface area contributed by atoms with Gasteiger partial charge in [-0.3, -0.25) is 9.48 Å². The molecule has 0 aliphatic carbocycles. The quantitative estimate of drug-likeness (QED) is 0.738. The van der Waals surface area contributed by atoms with Crippen molar-refractivity contribution in [3.05, 3.63) is 45.3 Å². The maximum Gasteiger partial charge on any atom is 0.277 e. The number of carbonyl (C=O) groups excluding carboxylic acids is 1. The van der Waals surface area contributed by atoms with Gasteiger partial charge in [-0.1, -0.05) is 18.2 Å². The van der Waals surface area contributed by atoms with E-state index in [0.29, 0.717) is 5.69 Å². The van der Waals surface area contributed by atoms with Crippen molar-refractivity contribution >= 4 is 34.2 Å². The summed E-state index contributed by atoms with van der Waals surface area (Å²) in [5, 5.41) is 4.13. The molecule has 5 heteroatoms. The van der Waals surface area contributed by atoms with Crippen molar-refractivity contribution in [2.24, 2.45) is 7.05 Å². The number of aryl methyl sites for hydroxylation is 1. The van der Waals surface area contributed by atoms with Crippen molar-refractivity contribution in [2.75, 3.05) is 11.4 Å². The third-order valence-electron chi connectivity index (χ3n) is 3.23. The second kappa shape index (κ2) is 4.38. The Hall–Kier alpha value is -1.37. The van der Waals surface area contributed by atoms with E-state index in [9.17, 15) is 4.79 Å². The van der Waals surface area contributed by atoms with Crippen LogP contribution in [0.3, 0.4) is 0 Å². The molecule has 0 saturated heterocycles. The summed E-state index contributed by atoms with van der Waals surface area (Å²) in [6.45, 7) is 0.749. The number of benzene rings is 1. The van der Waals surface area contributed by atoms with E-state index < -0.39 is 0 Å². The first-order valence-corrected chi connectivity index (χ1v) is 6.83. The van der Waals surface area contributed by atoms with Crippen molar-refractivity contribution in [1.82, 2.24) is 9.78 Å². The molecule has 2 heterocycles. The average molecular weight is 353 g/mol. The van der Waals surface area contributed by atoms with Gasteiger partial charge in [0.15, 0.2) is 0 Å². The fourth-order valence-corrected chi connectivity index (χ4v) is 3.03. The van der Waals surface area contributed by atoms with Crippen LogP contribution in [-0.2, 0) is 13.5 Å². The zero-order valence-corrected chi connectivity index (χ0v) is 12.1. The Morgan fingerprint density at radius 3 is 2.89 bits per heavy atom. The van der Waals surface area contributed by atoms with E-state index in [1.165, 1.54) is 5.56 Å². The minimum atomic E-state index is 0.0318. The van der Waals surface area contributed by atoms with Crippen molar-refractivity contribution in [3.63, 3.8) is 0 Å². The first-order valence-electron chi connectivity index (χ1n) is 5.76. The molecule has 0 atom stereocenters. The summed E-state index contributed by atoms with van der Waals surface area (Å²) in [6, 6.07) is 8.07. The van der Waals surface area contributed by atoms with E-state index >= 15 is 0 Å². The summed E-state index contributed by atoms with van der Waals surface area (Å²) in [5.74, 6) is 0.0318. The maximum atomic E-state index is 12.6. The van der Waals surface area contributed by atoms with Gasteiger partial charge in [0.05, 0.1) is 9.77 Å². The number of hydrogen-bond acceptors (Lipinski definition) is 2. The molecule has 1 amide bonds. The summed E-state index contributed by atoms with van der Waals surface area (Å²) in [5.41, 5.74) is 2.93. The molecule has 92 valence electrons. The van der Waals surface area contributed by atoms with Crippen LogP contribution in [0.25, 0.3) is 0 Å². The zero-order valence-electron chi connectivity index (χ0n) is 9.93. The first kappa shape index (κ1) is 11.7. The summed E-state index contributed by atoms with van der Waals surface area (Å²) in [4.78, 5) is 14.4. The second-order valence-electron chi connectivity index (χ2n) is 4.30. The number of carbonyl (C=O) groups is 1. The molecule has 1 aliphatic heterocycles. The van der Waals surface area contributed by atoms with Crippen LogP contribution in [-0.4, -0.2) is 22.2 Å². The predicted molar refractivity (Wildman–Crippen MR) is 77.7 cm³/mol. The number of fused-ring (bicyclic) bond motifs is 1. The van der Waals surface area contributed by atoms with Crippen molar-refractivity contribution in [1.29, 1.82) is 0 Å². The van der Waals surface area contributed by atoms with Gasteiger partial charge in [0.1, 0.15) is 5.69 Å². The predicted octanol–water partition coefficient (Wildman–Crippen LogP) is 2.23. The van der Waals surface area contributed by atoms with Crippen LogP contribution >= 0.6 is 22.6 Å². The van der Waals surface area contributed by atoms with Crippen molar-refractivity contribution in [3.8, 4) is 0 Å². The van der Waals surface area contributed by atoms with Crippen LogP contribution in [0.15, 0.2) is 30.5 Å². The number of hydrogen-bond donors (Lipinski definition) is 0. The Bertz CT molecular complexity index is 601. The van der Waals surface area contributed by atoms with E-state index in [-0.39, 0.29) is 5.91 Å². The molecule has 4 nitrogen and oxygen atoms in total. The molecule has 2 aromatic rings. The Morgan fingerprint density at radius 1 is 1.39 bits per heavy atom. The molecule has 3 rings (SSSR count). The lowest BCUT2D eigenvalue weighted by atomic mass is 10.2. The van der Waals surface area contributed by atoms with E-state index in [1.54, 1.807) is 17.9 Å². The molecule has 0 unspecified atom stereocenters. The molecule has 0 radical (unpaired) electrons. The number of anilines is 1. The van der Waals surface area contributed by atoms with E-state index in [1.807, 2.05) is 23.1 Å². The zero-order chi connectivity index (χ0) is 12.7. The van der Waals surface area contributed by atoms with Crippen LogP contribution in [0.5, 0.6) is 0 Å². The van der Waals surface area contributed by atoms with Crippen molar-refractivity contribution in [2.45, 2.75) is 6.42 Å². The number of para-hydroxylation sites is 1. The Kier molecular flexibility index (Phi) is 2.85. The lowest BCUT2D eigenvalue weighted by Gasteiger charge is -2.17. The second-order valence-corrected chi connectivity index (χ2v) is 5.46. The van der Waals surface area contributed by atoms with Crippen LogP contribution in [0.4, 0.5) is 5.69 Å². The fourth-order valence-electron chi connectivity index (χ4n) is 2.33. The molecule has 0 saturated carbocycles. The largest absolute Gasteiger partial charge is 0.306 e. The van der Waals surface area contributed by atoms with Crippen LogP contribution in [0.2, 0.25) is 0 Å². The van der Waals surface area contributed by atoms with E-state index in [4.69, 9.17) is 0 Å². The molecule has 0 spiro atoms. The number of nitrogens with zero attached hydrogens (tertiary/aromatic N) is 3. The van der Waals surface area contributed by atoms with Crippen LogP contribution in [0, 0.1) is 3.57 Å². The number of rotatable bonds is 1. The summed E-state index contributed by atoms with van der Waals surface area (Å²) >= 11 is 2.15. The molecular formula is C13H12IN3O. The third kappa shape index (κ3) is 1.73. The molecule has 18 heavy (non-hydrogen) atoms. The number of halogens is 1. The molecule has 1 aromatic heterocycles. The SMILES string of the molecule is Cn1ncc(I)c1C(=O)N1CCc2ccccc21. The van der Waals surface area contributed by atoms with Gasteiger partial charge in [-0.25, -0.2) is 0 Å². The lowest BCUT2D eigenvalue weighted by molar-refractivity contribution is 0.0979. The van der Waals surface area contributed by atoms with Gasteiger partial charge in [-0.15, -0.1) is 0 Å². The maximum absolute atomic E-state index is 12.6. The Balaban J connectivity index is 2.01. The lowest BCUT2D eigenvalue weighted by Crippen LogP contribution is -2.31. The normalized spacial score (nSPS) is 13.8. The Labute approximate surface area is 119 Å². The highest BCUT2D eigenvalue weighted by Gasteiger charge is 2.28. The van der Waals surface area contributed by atoms with Gasteiger partial charge >= 0.3 is 0 Å². The third-order valence-corrected chi connectivity index (χ3v) is 4.02. The summed E-state index contributed by atoms with van der Waals surface area (Å²) in [7, 11) is 1.80. The van der Waals surface area contributed by atoms with Crippen molar-refractivity contribution < 1.29 is 4.79 Å². The fraction of sp³-hybridized carbons (Fsp3) is 0.231. The number of aromatic nitrogens is 2. The highest BCUT2D eigenvalue weighted by molar-refractivity contribution is 14.1. The molecule has 0 fully saturated rings. The molecule has 1 aliphatic rings. The first-order chi connectivity index (χ1) is 8.68. The molecule has 0 bridgehead atoms. The van der Waals surface area contributed by atoms with Gasteiger partial charge in [0, 0.05) is 19.3 Å². The van der Waals surface area contributed by atoms with E-state index in [2.05, 4.69) is 33.8 Å². The highest BCUT2D eigenvalue weighted by Crippen LogP contribution is 2.29. The average Bonchev–Trinajstić information content (AvgIpc) is 2.93. The monoisotopic (exact) mass is 353 g/mol. The summed E-state index contributed by atoms with van der Waals surface area (Å²) in [6.07, 6.45) is 2.64. The number of amides is 1. The van der Waals surface area contributed by atoms with Gasteiger partial charge in [0.2, 0.25) is 0 Å². The van der Waals surface area contributed by atoms with Crippen LogP contribution < -0.4 is 4.90 Å². The smallest absolute Gasteiger partial charge is 0.277 e. The summed E-state index contributed by atoms with van der Waals surface area (Å²) < 4.78 is 2.54.